The molecule has 0 spiro atoms. The highest BCUT2D eigenvalue weighted by atomic mass is 19.1. The van der Waals surface area contributed by atoms with Crippen LogP contribution >= 0.6 is 0 Å². The van der Waals surface area contributed by atoms with E-state index in [0.717, 1.165) is 12.1 Å². The van der Waals surface area contributed by atoms with E-state index in [-0.39, 0.29) is 11.7 Å². The highest BCUT2D eigenvalue weighted by Crippen LogP contribution is 2.22. The minimum Gasteiger partial charge on any atom is -0.478 e. The fourth-order valence-electron chi connectivity index (χ4n) is 1.86. The number of carboxylic acid groups (broad SMARTS) is 1. The second-order valence-corrected chi connectivity index (χ2v) is 4.45. The summed E-state index contributed by atoms with van der Waals surface area (Å²) in [5.41, 5.74) is -0.765. The number of hydrogen-bond acceptors (Lipinski definition) is 3. The van der Waals surface area contributed by atoms with Gasteiger partial charge in [-0.15, -0.1) is 0 Å². The van der Waals surface area contributed by atoms with Crippen LogP contribution in [-0.2, 0) is 6.42 Å². The van der Waals surface area contributed by atoms with Gasteiger partial charge in [-0.1, -0.05) is 0 Å². The zero-order valence-corrected chi connectivity index (χ0v) is 10.7. The number of halogens is 2. The monoisotopic (exact) mass is 281 g/mol. The van der Waals surface area contributed by atoms with Gasteiger partial charge in [0.15, 0.2) is 0 Å². The zero-order valence-electron chi connectivity index (χ0n) is 10.7. The van der Waals surface area contributed by atoms with E-state index < -0.39 is 23.2 Å². The molecule has 1 aromatic heterocycles. The van der Waals surface area contributed by atoms with Crippen molar-refractivity contribution in [2.45, 2.75) is 19.4 Å². The lowest BCUT2D eigenvalue weighted by Crippen LogP contribution is -2.20. The van der Waals surface area contributed by atoms with E-state index in [9.17, 15) is 13.6 Å². The Morgan fingerprint density at radius 1 is 1.40 bits per heavy atom. The Labute approximate surface area is 114 Å². The molecule has 1 aromatic carbocycles. The van der Waals surface area contributed by atoms with Gasteiger partial charge in [0, 0.05) is 12.5 Å². The molecule has 1 unspecified atom stereocenters. The van der Waals surface area contributed by atoms with Gasteiger partial charge in [-0.3, -0.25) is 0 Å². The molecule has 20 heavy (non-hydrogen) atoms. The van der Waals surface area contributed by atoms with Gasteiger partial charge in [-0.2, -0.15) is 0 Å². The fraction of sp³-hybridized carbons (Fsp3) is 0.214. The minimum absolute atomic E-state index is 0.277. The summed E-state index contributed by atoms with van der Waals surface area (Å²) in [5.74, 6) is -2.56. The van der Waals surface area contributed by atoms with E-state index in [1.54, 1.807) is 19.1 Å². The van der Waals surface area contributed by atoms with Gasteiger partial charge < -0.3 is 14.8 Å². The Hall–Kier alpha value is -2.37. The van der Waals surface area contributed by atoms with Crippen LogP contribution < -0.4 is 5.32 Å². The molecule has 0 fully saturated rings. The van der Waals surface area contributed by atoms with Gasteiger partial charge in [-0.25, -0.2) is 13.6 Å². The second kappa shape index (κ2) is 5.73. The summed E-state index contributed by atoms with van der Waals surface area (Å²) in [7, 11) is 0. The van der Waals surface area contributed by atoms with E-state index in [1.807, 2.05) is 0 Å². The van der Waals surface area contributed by atoms with Crippen LogP contribution in [0.5, 0.6) is 0 Å². The van der Waals surface area contributed by atoms with E-state index in [4.69, 9.17) is 9.52 Å². The Kier molecular flexibility index (Phi) is 4.02. The topological polar surface area (TPSA) is 62.5 Å². The van der Waals surface area contributed by atoms with Crippen LogP contribution in [0, 0.1) is 11.6 Å². The quantitative estimate of drug-likeness (QED) is 0.882. The van der Waals surface area contributed by atoms with Crippen molar-refractivity contribution in [3.8, 4) is 0 Å². The maximum atomic E-state index is 13.7. The number of anilines is 1. The number of rotatable bonds is 5. The predicted molar refractivity (Wildman–Crippen MR) is 68.8 cm³/mol. The molecule has 0 aliphatic carbocycles. The summed E-state index contributed by atoms with van der Waals surface area (Å²) in [6.45, 7) is 1.74. The predicted octanol–water partition coefficient (Wildman–Crippen LogP) is 3.30. The van der Waals surface area contributed by atoms with Gasteiger partial charge in [-0.05, 0) is 31.2 Å². The van der Waals surface area contributed by atoms with Gasteiger partial charge in [0.2, 0.25) is 0 Å². The lowest BCUT2D eigenvalue weighted by Gasteiger charge is -2.15. The highest BCUT2D eigenvalue weighted by molar-refractivity contribution is 5.88. The maximum Gasteiger partial charge on any atom is 0.335 e. The summed E-state index contributed by atoms with van der Waals surface area (Å²) in [6, 6.07) is 4.78. The van der Waals surface area contributed by atoms with Gasteiger partial charge in [0.05, 0.1) is 11.8 Å². The summed E-state index contributed by atoms with van der Waals surface area (Å²) < 4.78 is 32.6. The maximum absolute atomic E-state index is 13.7. The van der Waals surface area contributed by atoms with E-state index in [0.29, 0.717) is 12.2 Å². The first-order chi connectivity index (χ1) is 9.47. The molecule has 0 saturated carbocycles. The minimum atomic E-state index is -1.38. The first-order valence-corrected chi connectivity index (χ1v) is 5.98. The van der Waals surface area contributed by atoms with Gasteiger partial charge in [0.25, 0.3) is 0 Å². The molecule has 1 heterocycles. The van der Waals surface area contributed by atoms with E-state index >= 15 is 0 Å². The number of carbonyl (C=O) groups is 1. The lowest BCUT2D eigenvalue weighted by atomic mass is 10.1. The molecule has 0 amide bonds. The van der Waals surface area contributed by atoms with Crippen molar-refractivity contribution in [1.29, 1.82) is 0 Å². The molecule has 2 aromatic rings. The molecule has 0 radical (unpaired) electrons. The van der Waals surface area contributed by atoms with Crippen molar-refractivity contribution in [1.82, 2.24) is 0 Å². The lowest BCUT2D eigenvalue weighted by molar-refractivity contribution is 0.0696. The third kappa shape index (κ3) is 3.14. The number of furan rings is 1. The van der Waals surface area contributed by atoms with E-state index in [1.165, 1.54) is 6.26 Å². The molecule has 2 N–H and O–H groups in total. The third-order valence-electron chi connectivity index (χ3n) is 2.77. The van der Waals surface area contributed by atoms with Crippen molar-refractivity contribution in [2.24, 2.45) is 0 Å². The number of benzene rings is 1. The van der Waals surface area contributed by atoms with Gasteiger partial charge >= 0.3 is 5.97 Å². The highest BCUT2D eigenvalue weighted by Gasteiger charge is 2.16. The number of hydrogen-bond donors (Lipinski definition) is 2. The Balaban J connectivity index is 2.14. The number of nitrogens with one attached hydrogen (secondary N) is 1. The van der Waals surface area contributed by atoms with Crippen LogP contribution in [0.3, 0.4) is 0 Å². The largest absolute Gasteiger partial charge is 0.478 e. The average Bonchev–Trinajstić information content (AvgIpc) is 2.86. The Bertz CT molecular complexity index is 588. The summed E-state index contributed by atoms with van der Waals surface area (Å²) >= 11 is 0. The Morgan fingerprint density at radius 2 is 2.05 bits per heavy atom. The first kappa shape index (κ1) is 14.0. The first-order valence-electron chi connectivity index (χ1n) is 5.98. The molecule has 2 rings (SSSR count). The van der Waals surface area contributed by atoms with Crippen molar-refractivity contribution in [3.63, 3.8) is 0 Å². The molecule has 0 aliphatic heterocycles. The smallest absolute Gasteiger partial charge is 0.335 e. The zero-order chi connectivity index (χ0) is 14.7. The van der Waals surface area contributed by atoms with E-state index in [2.05, 4.69) is 5.32 Å². The van der Waals surface area contributed by atoms with Gasteiger partial charge in [0.1, 0.15) is 23.1 Å². The van der Waals surface area contributed by atoms with Crippen molar-refractivity contribution in [3.05, 3.63) is 53.5 Å². The molecule has 0 bridgehead atoms. The van der Waals surface area contributed by atoms with Crippen molar-refractivity contribution >= 4 is 11.7 Å². The van der Waals surface area contributed by atoms with Crippen molar-refractivity contribution < 1.29 is 23.1 Å². The Morgan fingerprint density at radius 3 is 2.55 bits per heavy atom. The molecule has 1 atom stereocenters. The van der Waals surface area contributed by atoms with Crippen LogP contribution in [0.4, 0.5) is 14.5 Å². The summed E-state index contributed by atoms with van der Waals surface area (Å²) in [4.78, 5) is 10.7. The van der Waals surface area contributed by atoms with Crippen LogP contribution in [0.15, 0.2) is 34.9 Å². The second-order valence-electron chi connectivity index (χ2n) is 4.45. The molecule has 0 saturated heterocycles. The summed E-state index contributed by atoms with van der Waals surface area (Å²) in [6.07, 6.45) is 1.97. The SMILES string of the molecule is CC(Cc1ccco1)Nc1c(F)cc(C(=O)O)cc1F. The molecule has 4 nitrogen and oxygen atoms in total. The van der Waals surface area contributed by atoms with Crippen LogP contribution in [0.2, 0.25) is 0 Å². The molecular weight excluding hydrogens is 268 g/mol. The molecular formula is C14H13F2NO3. The molecule has 0 aliphatic rings. The van der Waals surface area contributed by atoms with Crippen molar-refractivity contribution in [2.75, 3.05) is 5.32 Å². The fourth-order valence-corrected chi connectivity index (χ4v) is 1.86. The third-order valence-corrected chi connectivity index (χ3v) is 2.77. The average molecular weight is 281 g/mol. The number of carboxylic acids is 1. The van der Waals surface area contributed by atoms with Crippen LogP contribution in [-0.4, -0.2) is 17.1 Å². The normalized spacial score (nSPS) is 12.2. The molecule has 6 heteroatoms. The summed E-state index contributed by atoms with van der Waals surface area (Å²) in [5, 5.41) is 11.4. The number of aromatic carboxylic acids is 1. The molecule has 106 valence electrons. The van der Waals surface area contributed by atoms with Crippen LogP contribution in [0.25, 0.3) is 0 Å². The van der Waals surface area contributed by atoms with Crippen LogP contribution in [0.1, 0.15) is 23.0 Å². The standard InChI is InChI=1S/C14H13F2NO3/c1-8(5-10-3-2-4-20-10)17-13-11(15)6-9(14(18)19)7-12(13)16/h2-4,6-8,17H,5H2,1H3,(H,18,19).